The van der Waals surface area contributed by atoms with Crippen LogP contribution in [0.3, 0.4) is 0 Å². The summed E-state index contributed by atoms with van der Waals surface area (Å²) in [5.41, 5.74) is 10.2. The lowest BCUT2D eigenvalue weighted by Crippen LogP contribution is -2.20. The molecule has 32 heavy (non-hydrogen) atoms. The van der Waals surface area contributed by atoms with Crippen molar-refractivity contribution in [2.75, 3.05) is 5.32 Å². The molecule has 0 saturated heterocycles. The number of nitrogens with two attached hydrogens (primary N) is 1. The summed E-state index contributed by atoms with van der Waals surface area (Å²) in [5.74, 6) is -1.41. The maximum Gasteiger partial charge on any atom is 0.165 e. The molecule has 0 saturated carbocycles. The van der Waals surface area contributed by atoms with Gasteiger partial charge in [0.15, 0.2) is 5.82 Å². The Hall–Kier alpha value is -3.71. The van der Waals surface area contributed by atoms with E-state index in [-0.39, 0.29) is 17.4 Å². The molecular formula is C25H21F2N5. The second-order valence-corrected chi connectivity index (χ2v) is 7.83. The van der Waals surface area contributed by atoms with Crippen molar-refractivity contribution in [1.29, 1.82) is 0 Å². The molecule has 0 fully saturated rings. The second-order valence-electron chi connectivity index (χ2n) is 7.83. The predicted octanol–water partition coefficient (Wildman–Crippen LogP) is 5.61. The number of anilines is 2. The van der Waals surface area contributed by atoms with Crippen LogP contribution in [0.25, 0.3) is 27.9 Å². The van der Waals surface area contributed by atoms with Crippen molar-refractivity contribution in [3.63, 3.8) is 0 Å². The van der Waals surface area contributed by atoms with Gasteiger partial charge in [-0.3, -0.25) is 4.98 Å². The molecule has 1 aliphatic rings. The lowest BCUT2D eigenvalue weighted by molar-refractivity contribution is 0.587. The first-order chi connectivity index (χ1) is 15.6. The van der Waals surface area contributed by atoms with E-state index in [0.29, 0.717) is 11.2 Å². The van der Waals surface area contributed by atoms with Gasteiger partial charge in [-0.05, 0) is 49.1 Å². The number of hydrogen-bond donors (Lipinski definition) is 2. The summed E-state index contributed by atoms with van der Waals surface area (Å²) in [7, 11) is 0. The van der Waals surface area contributed by atoms with Crippen LogP contribution < -0.4 is 11.1 Å². The number of nitrogens with zero attached hydrogens (tertiary/aromatic N) is 3. The smallest absolute Gasteiger partial charge is 0.165 e. The van der Waals surface area contributed by atoms with Crippen molar-refractivity contribution >= 4 is 27.9 Å². The van der Waals surface area contributed by atoms with Crippen LogP contribution in [0.5, 0.6) is 0 Å². The first kappa shape index (κ1) is 20.2. The standard InChI is InChI=1S/C25H21F2N5/c26-19-7-3-8-20(27)23(19)25-30-13-16-5-2-9-21(24(16)32-25)31-22-14-29-11-10-18(22)15-4-1-6-17(28)12-15/h2-3,5,7-14,17,31H,1,4,6,28H2. The Bertz CT molecular complexity index is 1310. The number of hydrogen-bond acceptors (Lipinski definition) is 5. The van der Waals surface area contributed by atoms with Gasteiger partial charge >= 0.3 is 0 Å². The lowest BCUT2D eigenvalue weighted by Gasteiger charge is -2.20. The van der Waals surface area contributed by atoms with E-state index >= 15 is 0 Å². The Morgan fingerprint density at radius 2 is 1.78 bits per heavy atom. The van der Waals surface area contributed by atoms with Gasteiger partial charge in [-0.25, -0.2) is 18.7 Å². The molecule has 2 aromatic carbocycles. The monoisotopic (exact) mass is 429 g/mol. The normalized spacial score (nSPS) is 16.1. The summed E-state index contributed by atoms with van der Waals surface area (Å²) >= 11 is 0. The number of para-hydroxylation sites is 1. The van der Waals surface area contributed by atoms with Crippen LogP contribution in [-0.2, 0) is 0 Å². The van der Waals surface area contributed by atoms with E-state index in [1.165, 1.54) is 23.8 Å². The third kappa shape index (κ3) is 3.83. The molecule has 2 aromatic heterocycles. The highest BCUT2D eigenvalue weighted by Crippen LogP contribution is 2.34. The van der Waals surface area contributed by atoms with Gasteiger partial charge in [-0.1, -0.05) is 24.3 Å². The summed E-state index contributed by atoms with van der Waals surface area (Å²) in [5, 5.41) is 4.16. The summed E-state index contributed by atoms with van der Waals surface area (Å²) < 4.78 is 28.6. The third-order valence-electron chi connectivity index (χ3n) is 5.63. The first-order valence-electron chi connectivity index (χ1n) is 10.5. The molecule has 160 valence electrons. The van der Waals surface area contributed by atoms with Crippen LogP contribution in [0.15, 0.2) is 67.1 Å². The van der Waals surface area contributed by atoms with Crippen molar-refractivity contribution in [2.45, 2.75) is 25.3 Å². The highest BCUT2D eigenvalue weighted by molar-refractivity contribution is 5.94. The Morgan fingerprint density at radius 3 is 2.59 bits per heavy atom. The molecule has 0 amide bonds. The van der Waals surface area contributed by atoms with Crippen LogP contribution >= 0.6 is 0 Å². The number of allylic oxidation sites excluding steroid dienone is 1. The number of halogens is 2. The highest BCUT2D eigenvalue weighted by atomic mass is 19.1. The molecule has 1 aliphatic carbocycles. The number of rotatable bonds is 4. The zero-order chi connectivity index (χ0) is 22.1. The van der Waals surface area contributed by atoms with Crippen LogP contribution in [-0.4, -0.2) is 21.0 Å². The van der Waals surface area contributed by atoms with Gasteiger partial charge in [0.1, 0.15) is 11.6 Å². The molecule has 4 aromatic rings. The van der Waals surface area contributed by atoms with Gasteiger partial charge in [0.2, 0.25) is 0 Å². The average Bonchev–Trinajstić information content (AvgIpc) is 2.80. The molecule has 5 nitrogen and oxygen atoms in total. The van der Waals surface area contributed by atoms with Gasteiger partial charge in [0.05, 0.1) is 28.7 Å². The van der Waals surface area contributed by atoms with Gasteiger partial charge in [0.25, 0.3) is 0 Å². The predicted molar refractivity (Wildman–Crippen MR) is 122 cm³/mol. The zero-order valence-electron chi connectivity index (χ0n) is 17.2. The second kappa shape index (κ2) is 8.43. The van der Waals surface area contributed by atoms with Gasteiger partial charge in [0, 0.05) is 29.4 Å². The molecule has 3 N–H and O–H groups in total. The Labute approximate surface area is 184 Å². The van der Waals surface area contributed by atoms with E-state index in [1.54, 1.807) is 18.6 Å². The van der Waals surface area contributed by atoms with Crippen LogP contribution in [0.2, 0.25) is 0 Å². The molecule has 7 heteroatoms. The highest BCUT2D eigenvalue weighted by Gasteiger charge is 2.17. The average molecular weight is 429 g/mol. The minimum Gasteiger partial charge on any atom is -0.352 e. The van der Waals surface area contributed by atoms with Crippen molar-refractivity contribution in [3.8, 4) is 11.4 Å². The number of nitrogens with one attached hydrogen (secondary N) is 1. The van der Waals surface area contributed by atoms with Crippen molar-refractivity contribution < 1.29 is 8.78 Å². The van der Waals surface area contributed by atoms with E-state index in [2.05, 4.69) is 26.3 Å². The molecule has 0 aliphatic heterocycles. The first-order valence-corrected chi connectivity index (χ1v) is 10.5. The topological polar surface area (TPSA) is 76.7 Å². The maximum atomic E-state index is 14.3. The summed E-state index contributed by atoms with van der Waals surface area (Å²) in [6.07, 6.45) is 10.1. The van der Waals surface area contributed by atoms with Crippen LogP contribution in [0.1, 0.15) is 24.8 Å². The molecule has 2 heterocycles. The minimum atomic E-state index is -0.704. The quantitative estimate of drug-likeness (QED) is 0.441. The van der Waals surface area contributed by atoms with E-state index < -0.39 is 11.6 Å². The fourth-order valence-electron chi connectivity index (χ4n) is 4.09. The van der Waals surface area contributed by atoms with Crippen molar-refractivity contribution in [3.05, 3.63) is 84.3 Å². The molecule has 1 atom stereocenters. The Kier molecular flexibility index (Phi) is 5.33. The molecular weight excluding hydrogens is 408 g/mol. The molecule has 1 unspecified atom stereocenters. The van der Waals surface area contributed by atoms with Crippen molar-refractivity contribution in [2.24, 2.45) is 5.73 Å². The van der Waals surface area contributed by atoms with Crippen molar-refractivity contribution in [1.82, 2.24) is 15.0 Å². The Morgan fingerprint density at radius 1 is 0.969 bits per heavy atom. The SMILES string of the molecule is NC1C=C(c2ccncc2Nc2cccc3cnc(-c4c(F)cccc4F)nc23)CCC1. The van der Waals surface area contributed by atoms with E-state index in [9.17, 15) is 8.78 Å². The van der Waals surface area contributed by atoms with E-state index in [1.807, 2.05) is 24.3 Å². The lowest BCUT2D eigenvalue weighted by atomic mass is 9.91. The molecule has 0 bridgehead atoms. The van der Waals surface area contributed by atoms with Gasteiger partial charge in [-0.15, -0.1) is 0 Å². The minimum absolute atomic E-state index is 0.00489. The number of aromatic nitrogens is 3. The van der Waals surface area contributed by atoms with Crippen LogP contribution in [0, 0.1) is 11.6 Å². The fourth-order valence-corrected chi connectivity index (χ4v) is 4.09. The third-order valence-corrected chi connectivity index (χ3v) is 5.63. The molecule has 0 spiro atoms. The summed E-state index contributed by atoms with van der Waals surface area (Å²) in [6, 6.07) is 11.3. The molecule has 0 radical (unpaired) electrons. The number of benzene rings is 2. The maximum absolute atomic E-state index is 14.3. The fraction of sp³-hybridized carbons (Fsp3) is 0.160. The largest absolute Gasteiger partial charge is 0.352 e. The van der Waals surface area contributed by atoms with E-state index in [4.69, 9.17) is 5.73 Å². The van der Waals surface area contributed by atoms with Gasteiger partial charge < -0.3 is 11.1 Å². The van der Waals surface area contributed by atoms with Crippen LogP contribution in [0.4, 0.5) is 20.2 Å². The Balaban J connectivity index is 1.59. The number of fused-ring (bicyclic) bond motifs is 1. The summed E-state index contributed by atoms with van der Waals surface area (Å²) in [6.45, 7) is 0. The number of pyridine rings is 1. The molecule has 5 rings (SSSR count). The summed E-state index contributed by atoms with van der Waals surface area (Å²) in [4.78, 5) is 13.0. The van der Waals surface area contributed by atoms with Gasteiger partial charge in [-0.2, -0.15) is 0 Å². The van der Waals surface area contributed by atoms with E-state index in [0.717, 1.165) is 35.9 Å². The zero-order valence-corrected chi connectivity index (χ0v) is 17.2.